The standard InChI is InChI=1S/C13H17ClO2/c1-15-11-6-4-10(5-7-11)13(14)9-12-3-2-8-16-12/h4-7,12-13H,2-3,8-9H2,1H3. The van der Waals surface area contributed by atoms with E-state index in [1.165, 1.54) is 0 Å². The first-order valence-electron chi connectivity index (χ1n) is 5.69. The predicted molar refractivity (Wildman–Crippen MR) is 65.2 cm³/mol. The van der Waals surface area contributed by atoms with E-state index in [0.717, 1.165) is 37.2 Å². The fourth-order valence-corrected chi connectivity index (χ4v) is 2.35. The zero-order chi connectivity index (χ0) is 11.4. The lowest BCUT2D eigenvalue weighted by atomic mass is 10.0. The summed E-state index contributed by atoms with van der Waals surface area (Å²) in [5.41, 5.74) is 1.14. The Bertz CT molecular complexity index is 317. The van der Waals surface area contributed by atoms with Gasteiger partial charge in [0.1, 0.15) is 5.75 Å². The molecule has 1 aromatic rings. The first-order valence-corrected chi connectivity index (χ1v) is 6.13. The second kappa shape index (κ2) is 5.55. The fraction of sp³-hybridized carbons (Fsp3) is 0.538. The van der Waals surface area contributed by atoms with Gasteiger partial charge in [-0.15, -0.1) is 11.6 Å². The van der Waals surface area contributed by atoms with Gasteiger partial charge >= 0.3 is 0 Å². The molecule has 1 heterocycles. The van der Waals surface area contributed by atoms with Crippen LogP contribution in [0.5, 0.6) is 5.75 Å². The molecule has 0 saturated carbocycles. The number of ether oxygens (including phenoxy) is 2. The Morgan fingerprint density at radius 3 is 2.75 bits per heavy atom. The molecule has 0 radical (unpaired) electrons. The van der Waals surface area contributed by atoms with E-state index in [4.69, 9.17) is 21.1 Å². The van der Waals surface area contributed by atoms with Crippen molar-refractivity contribution in [2.24, 2.45) is 0 Å². The van der Waals surface area contributed by atoms with Crippen LogP contribution in [0.25, 0.3) is 0 Å². The highest BCUT2D eigenvalue weighted by Gasteiger charge is 2.20. The van der Waals surface area contributed by atoms with Gasteiger partial charge in [0.2, 0.25) is 0 Å². The SMILES string of the molecule is COc1ccc(C(Cl)CC2CCCO2)cc1. The molecule has 2 unspecified atom stereocenters. The van der Waals surface area contributed by atoms with Crippen LogP contribution in [0.3, 0.4) is 0 Å². The topological polar surface area (TPSA) is 18.5 Å². The number of hydrogen-bond acceptors (Lipinski definition) is 2. The van der Waals surface area contributed by atoms with Crippen molar-refractivity contribution in [1.82, 2.24) is 0 Å². The van der Waals surface area contributed by atoms with Gasteiger partial charge in [-0.3, -0.25) is 0 Å². The molecule has 2 atom stereocenters. The molecule has 1 fully saturated rings. The summed E-state index contributed by atoms with van der Waals surface area (Å²) in [6.07, 6.45) is 3.54. The average molecular weight is 241 g/mol. The highest BCUT2D eigenvalue weighted by molar-refractivity contribution is 6.20. The Morgan fingerprint density at radius 2 is 2.19 bits per heavy atom. The van der Waals surface area contributed by atoms with Crippen LogP contribution >= 0.6 is 11.6 Å². The summed E-state index contributed by atoms with van der Waals surface area (Å²) in [7, 11) is 1.67. The molecule has 2 rings (SSSR count). The van der Waals surface area contributed by atoms with E-state index in [1.807, 2.05) is 24.3 Å². The van der Waals surface area contributed by atoms with Crippen LogP contribution in [-0.4, -0.2) is 19.8 Å². The average Bonchev–Trinajstić information content (AvgIpc) is 2.82. The summed E-state index contributed by atoms with van der Waals surface area (Å²) in [4.78, 5) is 0. The van der Waals surface area contributed by atoms with Crippen LogP contribution in [0, 0.1) is 0 Å². The third-order valence-electron chi connectivity index (χ3n) is 2.97. The third kappa shape index (κ3) is 2.89. The lowest BCUT2D eigenvalue weighted by molar-refractivity contribution is 0.103. The molecule has 16 heavy (non-hydrogen) atoms. The Balaban J connectivity index is 1.94. The summed E-state index contributed by atoms with van der Waals surface area (Å²) in [6, 6.07) is 7.93. The van der Waals surface area contributed by atoms with E-state index in [1.54, 1.807) is 7.11 Å². The number of hydrogen-bond donors (Lipinski definition) is 0. The van der Waals surface area contributed by atoms with Gasteiger partial charge in [0, 0.05) is 6.61 Å². The van der Waals surface area contributed by atoms with Crippen LogP contribution in [0.4, 0.5) is 0 Å². The minimum Gasteiger partial charge on any atom is -0.497 e. The molecule has 1 aliphatic heterocycles. The molecule has 0 bridgehead atoms. The van der Waals surface area contributed by atoms with Crippen molar-refractivity contribution in [2.45, 2.75) is 30.7 Å². The zero-order valence-electron chi connectivity index (χ0n) is 9.49. The molecule has 1 aliphatic rings. The minimum absolute atomic E-state index is 0.0361. The third-order valence-corrected chi connectivity index (χ3v) is 3.40. The van der Waals surface area contributed by atoms with Gasteiger partial charge in [-0.05, 0) is 37.0 Å². The molecule has 1 aromatic carbocycles. The van der Waals surface area contributed by atoms with Gasteiger partial charge < -0.3 is 9.47 Å². The van der Waals surface area contributed by atoms with E-state index in [-0.39, 0.29) is 5.38 Å². The highest BCUT2D eigenvalue weighted by atomic mass is 35.5. The van der Waals surface area contributed by atoms with Crippen molar-refractivity contribution in [1.29, 1.82) is 0 Å². The molecule has 0 spiro atoms. The number of halogens is 1. The van der Waals surface area contributed by atoms with Gasteiger partial charge in [0.05, 0.1) is 18.6 Å². The predicted octanol–water partition coefficient (Wildman–Crippen LogP) is 3.54. The molecule has 88 valence electrons. The molecule has 2 nitrogen and oxygen atoms in total. The van der Waals surface area contributed by atoms with E-state index in [9.17, 15) is 0 Å². The van der Waals surface area contributed by atoms with Gasteiger partial charge in [-0.2, -0.15) is 0 Å². The molecule has 0 aromatic heterocycles. The molecule has 0 N–H and O–H groups in total. The molecular formula is C13H17ClO2. The quantitative estimate of drug-likeness (QED) is 0.750. The lowest BCUT2D eigenvalue weighted by Gasteiger charge is -2.14. The fourth-order valence-electron chi connectivity index (χ4n) is 2.01. The largest absolute Gasteiger partial charge is 0.497 e. The smallest absolute Gasteiger partial charge is 0.118 e. The molecular weight excluding hydrogens is 224 g/mol. The molecule has 1 saturated heterocycles. The van der Waals surface area contributed by atoms with Crippen LogP contribution in [0.2, 0.25) is 0 Å². The van der Waals surface area contributed by atoms with Gasteiger partial charge in [-0.1, -0.05) is 12.1 Å². The van der Waals surface area contributed by atoms with E-state index >= 15 is 0 Å². The first-order chi connectivity index (χ1) is 7.79. The number of alkyl halides is 1. The number of benzene rings is 1. The van der Waals surface area contributed by atoms with Gasteiger partial charge in [0.15, 0.2) is 0 Å². The second-order valence-corrected chi connectivity index (χ2v) is 4.64. The van der Waals surface area contributed by atoms with Crippen molar-refractivity contribution in [3.8, 4) is 5.75 Å². The highest BCUT2D eigenvalue weighted by Crippen LogP contribution is 2.30. The van der Waals surface area contributed by atoms with Crippen molar-refractivity contribution < 1.29 is 9.47 Å². The molecule has 0 amide bonds. The Labute approximate surface area is 102 Å². The van der Waals surface area contributed by atoms with Crippen LogP contribution < -0.4 is 4.74 Å². The van der Waals surface area contributed by atoms with E-state index in [2.05, 4.69) is 0 Å². The van der Waals surface area contributed by atoms with Crippen LogP contribution in [0.15, 0.2) is 24.3 Å². The molecule has 3 heteroatoms. The summed E-state index contributed by atoms with van der Waals surface area (Å²) in [5, 5.41) is 0.0361. The Kier molecular flexibility index (Phi) is 4.08. The van der Waals surface area contributed by atoms with Crippen molar-refractivity contribution >= 4 is 11.6 Å². The van der Waals surface area contributed by atoms with Crippen molar-refractivity contribution in [3.05, 3.63) is 29.8 Å². The molecule has 0 aliphatic carbocycles. The summed E-state index contributed by atoms with van der Waals surface area (Å²) in [5.74, 6) is 0.865. The summed E-state index contributed by atoms with van der Waals surface area (Å²) >= 11 is 6.36. The Hall–Kier alpha value is -0.730. The van der Waals surface area contributed by atoms with Crippen LogP contribution in [-0.2, 0) is 4.74 Å². The van der Waals surface area contributed by atoms with Gasteiger partial charge in [-0.25, -0.2) is 0 Å². The van der Waals surface area contributed by atoms with Gasteiger partial charge in [0.25, 0.3) is 0 Å². The second-order valence-electron chi connectivity index (χ2n) is 4.11. The summed E-state index contributed by atoms with van der Waals surface area (Å²) < 4.78 is 10.7. The Morgan fingerprint density at radius 1 is 1.44 bits per heavy atom. The van der Waals surface area contributed by atoms with Crippen molar-refractivity contribution in [3.63, 3.8) is 0 Å². The lowest BCUT2D eigenvalue weighted by Crippen LogP contribution is -2.08. The number of rotatable bonds is 4. The first kappa shape index (κ1) is 11.7. The normalized spacial score (nSPS) is 22.0. The number of methoxy groups -OCH3 is 1. The maximum Gasteiger partial charge on any atom is 0.118 e. The zero-order valence-corrected chi connectivity index (χ0v) is 10.2. The van der Waals surface area contributed by atoms with E-state index < -0.39 is 0 Å². The van der Waals surface area contributed by atoms with E-state index in [0.29, 0.717) is 6.10 Å². The maximum absolute atomic E-state index is 6.36. The van der Waals surface area contributed by atoms with Crippen molar-refractivity contribution in [2.75, 3.05) is 13.7 Å². The minimum atomic E-state index is 0.0361. The van der Waals surface area contributed by atoms with Crippen LogP contribution in [0.1, 0.15) is 30.2 Å². The monoisotopic (exact) mass is 240 g/mol. The summed E-state index contributed by atoms with van der Waals surface area (Å²) in [6.45, 7) is 0.886. The maximum atomic E-state index is 6.36.